The zero-order chi connectivity index (χ0) is 13.9. The third-order valence-corrected chi connectivity index (χ3v) is 4.50. The van der Waals surface area contributed by atoms with E-state index in [1.807, 2.05) is 0 Å². The highest BCUT2D eigenvalue weighted by atomic mass is 16.5. The smallest absolute Gasteiger partial charge is 0.306 e. The van der Waals surface area contributed by atoms with Gasteiger partial charge in [0.2, 0.25) is 0 Å². The van der Waals surface area contributed by atoms with Crippen LogP contribution in [0.1, 0.15) is 48.9 Å². The third-order valence-electron chi connectivity index (χ3n) is 4.50. The molecule has 1 heterocycles. The van der Waals surface area contributed by atoms with Gasteiger partial charge in [-0.15, -0.1) is 0 Å². The molecule has 2 fully saturated rings. The van der Waals surface area contributed by atoms with Gasteiger partial charge in [0.15, 0.2) is 5.78 Å². The van der Waals surface area contributed by atoms with Crippen LogP contribution >= 0.6 is 0 Å². The van der Waals surface area contributed by atoms with Crippen molar-refractivity contribution in [3.8, 4) is 0 Å². The maximum absolute atomic E-state index is 11.9. The average molecular weight is 273 g/mol. The van der Waals surface area contributed by atoms with Crippen LogP contribution in [0.25, 0.3) is 0 Å². The number of carbonyl (C=O) groups is 2. The molecule has 106 valence electrons. The van der Waals surface area contributed by atoms with Crippen LogP contribution in [0.2, 0.25) is 0 Å². The summed E-state index contributed by atoms with van der Waals surface area (Å²) in [5.41, 5.74) is 0.556. The zero-order valence-electron chi connectivity index (χ0n) is 11.5. The van der Waals surface area contributed by atoms with Crippen molar-refractivity contribution in [2.24, 2.45) is 11.8 Å². The summed E-state index contributed by atoms with van der Waals surface area (Å²) in [7, 11) is 0. The number of ketones is 1. The summed E-state index contributed by atoms with van der Waals surface area (Å²) >= 11 is 0. The first-order chi connectivity index (χ1) is 9.72. The van der Waals surface area contributed by atoms with Crippen LogP contribution in [0, 0.1) is 11.8 Å². The summed E-state index contributed by atoms with van der Waals surface area (Å²) in [5.74, 6) is 1.04. The van der Waals surface area contributed by atoms with Crippen LogP contribution in [-0.2, 0) is 9.53 Å². The molecule has 3 rings (SSSR count). The Balaban J connectivity index is 1.44. The van der Waals surface area contributed by atoms with Crippen LogP contribution in [0.15, 0.2) is 24.5 Å². The molecule has 0 aliphatic heterocycles. The number of carbonyl (C=O) groups excluding carboxylic acids is 2. The summed E-state index contributed by atoms with van der Waals surface area (Å²) in [6.45, 7) is 0. The van der Waals surface area contributed by atoms with Gasteiger partial charge in [0.25, 0.3) is 0 Å². The first-order valence-electron chi connectivity index (χ1n) is 7.35. The fourth-order valence-corrected chi connectivity index (χ4v) is 3.45. The Morgan fingerprint density at radius 1 is 1.25 bits per heavy atom. The van der Waals surface area contributed by atoms with Crippen LogP contribution in [0.4, 0.5) is 0 Å². The van der Waals surface area contributed by atoms with Crippen LogP contribution in [-0.4, -0.2) is 22.8 Å². The van der Waals surface area contributed by atoms with Crippen molar-refractivity contribution in [1.29, 1.82) is 0 Å². The van der Waals surface area contributed by atoms with Crippen LogP contribution in [0.5, 0.6) is 0 Å². The number of ether oxygens (including phenoxy) is 1. The first kappa shape index (κ1) is 13.3. The van der Waals surface area contributed by atoms with Crippen LogP contribution < -0.4 is 0 Å². The van der Waals surface area contributed by atoms with E-state index in [1.54, 1.807) is 18.3 Å². The zero-order valence-corrected chi connectivity index (χ0v) is 11.5. The quantitative estimate of drug-likeness (QED) is 0.611. The minimum absolute atomic E-state index is 0.0528. The maximum atomic E-state index is 11.9. The van der Waals surface area contributed by atoms with Gasteiger partial charge in [-0.1, -0.05) is 0 Å². The molecule has 0 spiro atoms. The molecule has 2 saturated carbocycles. The molecular weight excluding hydrogens is 254 g/mol. The van der Waals surface area contributed by atoms with Crippen molar-refractivity contribution >= 4 is 11.8 Å². The van der Waals surface area contributed by atoms with Gasteiger partial charge in [-0.05, 0) is 49.7 Å². The molecule has 0 radical (unpaired) electrons. The highest BCUT2D eigenvalue weighted by molar-refractivity contribution is 5.97. The topological polar surface area (TPSA) is 56.3 Å². The van der Waals surface area contributed by atoms with Gasteiger partial charge in [0.1, 0.15) is 6.10 Å². The largest absolute Gasteiger partial charge is 0.462 e. The number of hydrogen-bond acceptors (Lipinski definition) is 4. The molecule has 0 N–H and O–H groups in total. The average Bonchev–Trinajstić information content (AvgIpc) is 3.08. The lowest BCUT2D eigenvalue weighted by Gasteiger charge is -2.21. The molecule has 2 bridgehead atoms. The Morgan fingerprint density at radius 3 is 2.80 bits per heavy atom. The summed E-state index contributed by atoms with van der Waals surface area (Å²) in [4.78, 5) is 27.6. The second kappa shape index (κ2) is 5.73. The van der Waals surface area contributed by atoms with Crippen molar-refractivity contribution in [3.05, 3.63) is 30.1 Å². The molecule has 3 atom stereocenters. The molecule has 0 saturated heterocycles. The number of esters is 1. The predicted molar refractivity (Wildman–Crippen MR) is 73.1 cm³/mol. The normalized spacial score (nSPS) is 27.5. The fourth-order valence-electron chi connectivity index (χ4n) is 3.45. The summed E-state index contributed by atoms with van der Waals surface area (Å²) in [6, 6.07) is 3.44. The molecule has 4 heteroatoms. The predicted octanol–water partition coefficient (Wildman–Crippen LogP) is 2.78. The summed E-state index contributed by atoms with van der Waals surface area (Å²) in [6.07, 6.45) is 8.35. The van der Waals surface area contributed by atoms with Gasteiger partial charge in [0, 0.05) is 24.4 Å². The molecule has 3 unspecified atom stereocenters. The first-order valence-corrected chi connectivity index (χ1v) is 7.35. The number of Topliss-reactive ketones (excluding diaryl/α,β-unsaturated/α-hetero) is 1. The summed E-state index contributed by atoms with van der Waals surface area (Å²) < 4.78 is 5.52. The number of pyridine rings is 1. The van der Waals surface area contributed by atoms with Gasteiger partial charge in [-0.2, -0.15) is 0 Å². The lowest BCUT2D eigenvalue weighted by atomic mass is 9.98. The Kier molecular flexibility index (Phi) is 3.81. The maximum Gasteiger partial charge on any atom is 0.306 e. The van der Waals surface area contributed by atoms with Crippen LogP contribution in [0.3, 0.4) is 0 Å². The molecule has 0 aromatic carbocycles. The molecule has 1 aromatic heterocycles. The Morgan fingerprint density at radius 2 is 2.15 bits per heavy atom. The monoisotopic (exact) mass is 273 g/mol. The van der Waals surface area contributed by atoms with Crippen molar-refractivity contribution in [3.63, 3.8) is 0 Å². The van der Waals surface area contributed by atoms with E-state index >= 15 is 0 Å². The molecular formula is C16H19NO3. The number of nitrogens with zero attached hydrogens (tertiary/aromatic N) is 1. The minimum Gasteiger partial charge on any atom is -0.462 e. The van der Waals surface area contributed by atoms with E-state index in [-0.39, 0.29) is 30.7 Å². The van der Waals surface area contributed by atoms with Gasteiger partial charge < -0.3 is 4.74 Å². The molecule has 1 aromatic rings. The Labute approximate surface area is 118 Å². The van der Waals surface area contributed by atoms with E-state index in [2.05, 4.69) is 4.98 Å². The lowest BCUT2D eigenvalue weighted by molar-refractivity contribution is -0.151. The standard InChI is InChI=1S/C16H19NO3/c18-14(13-2-1-7-17-10-13)5-6-16(19)20-15-9-11-3-4-12(15)8-11/h1-2,7,10-12,15H,3-6,8-9H2. The molecule has 2 aliphatic carbocycles. The van der Waals surface area contributed by atoms with E-state index in [9.17, 15) is 9.59 Å². The number of rotatable bonds is 5. The SMILES string of the molecule is O=C(CCC(=O)c1cccnc1)OC1CC2CCC1C2. The van der Waals surface area contributed by atoms with E-state index in [0.29, 0.717) is 11.5 Å². The van der Waals surface area contributed by atoms with Crippen molar-refractivity contribution in [2.45, 2.75) is 44.6 Å². The fraction of sp³-hybridized carbons (Fsp3) is 0.562. The van der Waals surface area contributed by atoms with E-state index in [1.165, 1.54) is 25.5 Å². The molecule has 2 aliphatic rings. The Bertz CT molecular complexity index is 500. The lowest BCUT2D eigenvalue weighted by Crippen LogP contribution is -2.24. The number of fused-ring (bicyclic) bond motifs is 2. The molecule has 20 heavy (non-hydrogen) atoms. The van der Waals surface area contributed by atoms with Crippen molar-refractivity contribution < 1.29 is 14.3 Å². The highest BCUT2D eigenvalue weighted by Crippen LogP contribution is 2.45. The third kappa shape index (κ3) is 2.89. The van der Waals surface area contributed by atoms with E-state index < -0.39 is 0 Å². The van der Waals surface area contributed by atoms with Gasteiger partial charge in [-0.3, -0.25) is 14.6 Å². The number of hydrogen-bond donors (Lipinski definition) is 0. The minimum atomic E-state index is -0.236. The summed E-state index contributed by atoms with van der Waals surface area (Å²) in [5, 5.41) is 0. The highest BCUT2D eigenvalue weighted by Gasteiger charge is 2.41. The van der Waals surface area contributed by atoms with E-state index in [4.69, 9.17) is 4.74 Å². The van der Waals surface area contributed by atoms with Crippen molar-refractivity contribution in [1.82, 2.24) is 4.98 Å². The van der Waals surface area contributed by atoms with E-state index in [0.717, 1.165) is 12.3 Å². The van der Waals surface area contributed by atoms with Gasteiger partial charge in [-0.25, -0.2) is 0 Å². The van der Waals surface area contributed by atoms with Gasteiger partial charge in [0.05, 0.1) is 6.42 Å². The Hall–Kier alpha value is -1.71. The second-order valence-electron chi connectivity index (χ2n) is 5.87. The number of aromatic nitrogens is 1. The second-order valence-corrected chi connectivity index (χ2v) is 5.87. The van der Waals surface area contributed by atoms with Gasteiger partial charge >= 0.3 is 5.97 Å². The molecule has 4 nitrogen and oxygen atoms in total. The molecule has 0 amide bonds. The van der Waals surface area contributed by atoms with Crippen molar-refractivity contribution in [2.75, 3.05) is 0 Å².